The Kier molecular flexibility index (Phi) is 3.71. The van der Waals surface area contributed by atoms with E-state index in [2.05, 4.69) is 10.3 Å². The Bertz CT molecular complexity index is 425. The van der Waals surface area contributed by atoms with Crippen molar-refractivity contribution < 1.29 is 9.52 Å². The summed E-state index contributed by atoms with van der Waals surface area (Å²) < 4.78 is 5.33. The molecular formula is C11H14N2O2S. The van der Waals surface area contributed by atoms with Gasteiger partial charge in [-0.05, 0) is 19.1 Å². The molecule has 0 spiro atoms. The van der Waals surface area contributed by atoms with Crippen LogP contribution in [0.3, 0.4) is 0 Å². The highest BCUT2D eigenvalue weighted by molar-refractivity contribution is 7.07. The number of nitrogens with one attached hydrogen (secondary N) is 1. The van der Waals surface area contributed by atoms with Gasteiger partial charge in [0.25, 0.3) is 0 Å². The number of aromatic nitrogens is 1. The summed E-state index contributed by atoms with van der Waals surface area (Å²) in [5, 5.41) is 14.9. The van der Waals surface area contributed by atoms with Crippen LogP contribution in [0.2, 0.25) is 0 Å². The lowest BCUT2D eigenvalue weighted by molar-refractivity contribution is 0.146. The molecule has 0 fully saturated rings. The number of furan rings is 1. The van der Waals surface area contributed by atoms with Gasteiger partial charge in [0.05, 0.1) is 11.2 Å². The highest BCUT2D eigenvalue weighted by Crippen LogP contribution is 2.15. The lowest BCUT2D eigenvalue weighted by atomic mass is 10.2. The Hall–Kier alpha value is -1.17. The molecule has 4 nitrogen and oxygen atoms in total. The number of aliphatic hydroxyl groups excluding tert-OH is 1. The topological polar surface area (TPSA) is 58.3 Å². The van der Waals surface area contributed by atoms with Gasteiger partial charge in [-0.3, -0.25) is 0 Å². The smallest absolute Gasteiger partial charge is 0.133 e. The predicted octanol–water partition coefficient (Wildman–Crippen LogP) is 1.87. The molecule has 0 aliphatic rings. The van der Waals surface area contributed by atoms with Crippen LogP contribution in [0.25, 0.3) is 0 Å². The molecule has 1 unspecified atom stereocenters. The molecule has 16 heavy (non-hydrogen) atoms. The molecule has 0 radical (unpaired) electrons. The third-order valence-electron chi connectivity index (χ3n) is 2.22. The summed E-state index contributed by atoms with van der Waals surface area (Å²) in [4.78, 5) is 4.14. The maximum Gasteiger partial charge on any atom is 0.133 e. The molecule has 2 heterocycles. The van der Waals surface area contributed by atoms with Crippen LogP contribution in [-0.4, -0.2) is 16.6 Å². The molecule has 0 saturated heterocycles. The van der Waals surface area contributed by atoms with Gasteiger partial charge in [-0.25, -0.2) is 4.98 Å². The van der Waals surface area contributed by atoms with Crippen molar-refractivity contribution in [2.45, 2.75) is 19.6 Å². The normalized spacial score (nSPS) is 12.9. The Balaban J connectivity index is 1.78. The molecule has 2 aromatic rings. The minimum absolute atomic E-state index is 0.463. The number of nitrogens with zero attached hydrogens (tertiary/aromatic N) is 1. The molecule has 86 valence electrons. The van der Waals surface area contributed by atoms with Gasteiger partial charge in [0.2, 0.25) is 0 Å². The van der Waals surface area contributed by atoms with Crippen LogP contribution >= 0.6 is 11.3 Å². The second kappa shape index (κ2) is 5.25. The van der Waals surface area contributed by atoms with Crippen molar-refractivity contribution in [2.75, 3.05) is 6.54 Å². The fourth-order valence-corrected chi connectivity index (χ4v) is 1.95. The van der Waals surface area contributed by atoms with Crippen LogP contribution in [0.1, 0.15) is 23.3 Å². The van der Waals surface area contributed by atoms with E-state index in [-0.39, 0.29) is 0 Å². The molecule has 0 aliphatic carbocycles. The predicted molar refractivity (Wildman–Crippen MR) is 62.2 cm³/mol. The van der Waals surface area contributed by atoms with Gasteiger partial charge < -0.3 is 14.8 Å². The molecule has 2 rings (SSSR count). The number of hydrogen-bond donors (Lipinski definition) is 2. The van der Waals surface area contributed by atoms with Crippen molar-refractivity contribution in [3.8, 4) is 0 Å². The molecule has 2 N–H and O–H groups in total. The van der Waals surface area contributed by atoms with Crippen LogP contribution in [0.4, 0.5) is 0 Å². The van der Waals surface area contributed by atoms with Gasteiger partial charge >= 0.3 is 0 Å². The number of hydrogen-bond acceptors (Lipinski definition) is 5. The van der Waals surface area contributed by atoms with Gasteiger partial charge in [-0.15, -0.1) is 11.3 Å². The van der Waals surface area contributed by atoms with Gasteiger partial charge in [0.15, 0.2) is 0 Å². The number of aryl methyl sites for hydroxylation is 1. The van der Waals surface area contributed by atoms with E-state index < -0.39 is 6.10 Å². The summed E-state index contributed by atoms with van der Waals surface area (Å²) in [7, 11) is 0. The van der Waals surface area contributed by atoms with Crippen LogP contribution < -0.4 is 5.32 Å². The van der Waals surface area contributed by atoms with Crippen LogP contribution in [0.5, 0.6) is 0 Å². The maximum atomic E-state index is 9.79. The molecule has 0 aliphatic heterocycles. The minimum atomic E-state index is -0.604. The van der Waals surface area contributed by atoms with Crippen molar-refractivity contribution in [1.29, 1.82) is 0 Å². The first kappa shape index (κ1) is 11.3. The van der Waals surface area contributed by atoms with E-state index in [1.165, 1.54) is 0 Å². The zero-order valence-electron chi connectivity index (χ0n) is 9.01. The highest BCUT2D eigenvalue weighted by atomic mass is 32.1. The Morgan fingerprint density at radius 3 is 3.06 bits per heavy atom. The zero-order chi connectivity index (χ0) is 11.4. The number of aliphatic hydroxyl groups is 1. The first-order chi connectivity index (χ1) is 7.75. The van der Waals surface area contributed by atoms with Crippen LogP contribution in [-0.2, 0) is 6.54 Å². The van der Waals surface area contributed by atoms with Crippen molar-refractivity contribution in [3.63, 3.8) is 0 Å². The molecule has 1 atom stereocenters. The summed E-state index contributed by atoms with van der Waals surface area (Å²) in [5.74, 6) is 1.41. The average Bonchev–Trinajstić information content (AvgIpc) is 2.89. The summed E-state index contributed by atoms with van der Waals surface area (Å²) in [6, 6.07) is 3.64. The molecule has 0 saturated carbocycles. The van der Waals surface area contributed by atoms with Crippen molar-refractivity contribution in [1.82, 2.24) is 10.3 Å². The summed E-state index contributed by atoms with van der Waals surface area (Å²) in [5.41, 5.74) is 2.79. The first-order valence-corrected chi connectivity index (χ1v) is 6.02. The van der Waals surface area contributed by atoms with Gasteiger partial charge in [-0.2, -0.15) is 0 Å². The molecule has 0 aromatic carbocycles. The molecule has 0 bridgehead atoms. The zero-order valence-corrected chi connectivity index (χ0v) is 9.83. The van der Waals surface area contributed by atoms with Gasteiger partial charge in [-0.1, -0.05) is 0 Å². The lowest BCUT2D eigenvalue weighted by Crippen LogP contribution is -2.20. The van der Waals surface area contributed by atoms with E-state index in [1.54, 1.807) is 22.9 Å². The van der Waals surface area contributed by atoms with E-state index in [0.717, 1.165) is 11.5 Å². The molecule has 2 aromatic heterocycles. The minimum Gasteiger partial charge on any atom is -0.464 e. The largest absolute Gasteiger partial charge is 0.464 e. The Labute approximate surface area is 97.9 Å². The third kappa shape index (κ3) is 2.91. The number of rotatable bonds is 5. The molecular weight excluding hydrogens is 224 g/mol. The molecule has 0 amide bonds. The van der Waals surface area contributed by atoms with Crippen molar-refractivity contribution >= 4 is 11.3 Å². The Morgan fingerprint density at radius 1 is 1.56 bits per heavy atom. The Morgan fingerprint density at radius 2 is 2.44 bits per heavy atom. The third-order valence-corrected chi connectivity index (χ3v) is 2.85. The second-order valence-electron chi connectivity index (χ2n) is 3.57. The quantitative estimate of drug-likeness (QED) is 0.835. The fraction of sp³-hybridized carbons (Fsp3) is 0.364. The standard InChI is InChI=1S/C11H14N2O2S/c1-8-2-3-11(15-8)10(14)5-12-4-9-6-16-7-13-9/h2-3,6-7,10,12,14H,4-5H2,1H3. The highest BCUT2D eigenvalue weighted by Gasteiger charge is 2.10. The maximum absolute atomic E-state index is 9.79. The summed E-state index contributed by atoms with van der Waals surface area (Å²) in [6.07, 6.45) is -0.604. The first-order valence-electron chi connectivity index (χ1n) is 5.08. The van der Waals surface area contributed by atoms with E-state index >= 15 is 0 Å². The van der Waals surface area contributed by atoms with Crippen LogP contribution in [0, 0.1) is 6.92 Å². The fourth-order valence-electron chi connectivity index (χ4n) is 1.39. The summed E-state index contributed by atoms with van der Waals surface area (Å²) in [6.45, 7) is 2.99. The molecule has 5 heteroatoms. The second-order valence-corrected chi connectivity index (χ2v) is 4.29. The monoisotopic (exact) mass is 238 g/mol. The van der Waals surface area contributed by atoms with E-state index in [1.807, 2.05) is 18.4 Å². The average molecular weight is 238 g/mol. The summed E-state index contributed by atoms with van der Waals surface area (Å²) >= 11 is 1.57. The lowest BCUT2D eigenvalue weighted by Gasteiger charge is -2.08. The van der Waals surface area contributed by atoms with Gasteiger partial charge in [0.1, 0.15) is 17.6 Å². The van der Waals surface area contributed by atoms with E-state index in [4.69, 9.17) is 4.42 Å². The SMILES string of the molecule is Cc1ccc(C(O)CNCc2cscn2)o1. The van der Waals surface area contributed by atoms with Gasteiger partial charge in [0, 0.05) is 18.5 Å². The van der Waals surface area contributed by atoms with Crippen molar-refractivity contribution in [2.24, 2.45) is 0 Å². The number of thiazole rings is 1. The van der Waals surface area contributed by atoms with E-state index in [9.17, 15) is 5.11 Å². The van der Waals surface area contributed by atoms with E-state index in [0.29, 0.717) is 18.8 Å². The van der Waals surface area contributed by atoms with Crippen LogP contribution in [0.15, 0.2) is 27.4 Å². The van der Waals surface area contributed by atoms with Crippen molar-refractivity contribution in [3.05, 3.63) is 40.2 Å².